The third-order valence-corrected chi connectivity index (χ3v) is 5.59. The number of H-pyrrole nitrogens is 1. The van der Waals surface area contributed by atoms with Crippen LogP contribution in [-0.4, -0.2) is 36.7 Å². The van der Waals surface area contributed by atoms with Crippen LogP contribution in [0.3, 0.4) is 0 Å². The number of benzene rings is 2. The average molecular weight is 378 g/mol. The van der Waals surface area contributed by atoms with Crippen LogP contribution in [0.1, 0.15) is 28.5 Å². The number of rotatable bonds is 4. The molecule has 0 saturated carbocycles. The number of pyridine rings is 1. The third-order valence-electron chi connectivity index (χ3n) is 5.59. The third kappa shape index (κ3) is 3.68. The van der Waals surface area contributed by atoms with Crippen LogP contribution in [0.5, 0.6) is 5.75 Å². The molecule has 0 amide bonds. The number of aryl methyl sites for hydroxylation is 1. The van der Waals surface area contributed by atoms with Gasteiger partial charge in [0.1, 0.15) is 5.75 Å². The summed E-state index contributed by atoms with van der Waals surface area (Å²) in [6.07, 6.45) is 1.83. The largest absolute Gasteiger partial charge is 0.497 e. The number of fused-ring (bicyclic) bond motifs is 1. The van der Waals surface area contributed by atoms with Gasteiger partial charge in [0.25, 0.3) is 0 Å². The highest BCUT2D eigenvalue weighted by Gasteiger charge is 2.23. The fourth-order valence-electron chi connectivity index (χ4n) is 3.81. The lowest BCUT2D eigenvalue weighted by atomic mass is 10.0. The van der Waals surface area contributed by atoms with Gasteiger partial charge in [0.2, 0.25) is 0 Å². The number of nitrogens with one attached hydrogen (secondary N) is 1. The van der Waals surface area contributed by atoms with Gasteiger partial charge in [-0.2, -0.15) is 0 Å². The number of aromatic nitrogens is 1. The minimum absolute atomic E-state index is 0.0257. The highest BCUT2D eigenvalue weighted by molar-refractivity contribution is 5.84. The van der Waals surface area contributed by atoms with Crippen molar-refractivity contribution in [3.8, 4) is 5.75 Å². The topological polar surface area (TPSA) is 54.6 Å². The van der Waals surface area contributed by atoms with E-state index < -0.39 is 0 Å². The molecule has 0 radical (unpaired) electrons. The van der Waals surface area contributed by atoms with Gasteiger partial charge in [0, 0.05) is 42.7 Å². The van der Waals surface area contributed by atoms with E-state index in [0.717, 1.165) is 47.6 Å². The fraction of sp³-hybridized carbons (Fsp3) is 0.348. The summed E-state index contributed by atoms with van der Waals surface area (Å²) < 4.78 is 11.4. The van der Waals surface area contributed by atoms with Crippen molar-refractivity contribution in [1.82, 2.24) is 9.88 Å². The Morgan fingerprint density at radius 3 is 2.79 bits per heavy atom. The molecule has 1 aliphatic rings. The first-order valence-electron chi connectivity index (χ1n) is 9.64. The zero-order valence-corrected chi connectivity index (χ0v) is 16.6. The van der Waals surface area contributed by atoms with E-state index in [1.165, 1.54) is 10.9 Å². The van der Waals surface area contributed by atoms with Crippen LogP contribution >= 0.6 is 0 Å². The smallest absolute Gasteiger partial charge is 0.187 e. The monoisotopic (exact) mass is 378 g/mol. The molecule has 0 aliphatic carbocycles. The minimum atomic E-state index is 0.0257. The summed E-state index contributed by atoms with van der Waals surface area (Å²) in [4.78, 5) is 17.9. The van der Waals surface area contributed by atoms with Crippen molar-refractivity contribution in [2.24, 2.45) is 0 Å². The summed E-state index contributed by atoms with van der Waals surface area (Å²) in [6.45, 7) is 6.81. The normalized spacial score (nSPS) is 17.8. The van der Waals surface area contributed by atoms with Gasteiger partial charge >= 0.3 is 0 Å². The maximum Gasteiger partial charge on any atom is 0.187 e. The minimum Gasteiger partial charge on any atom is -0.497 e. The maximum absolute atomic E-state index is 12.2. The van der Waals surface area contributed by atoms with Crippen LogP contribution in [0.2, 0.25) is 0 Å². The lowest BCUT2D eigenvalue weighted by molar-refractivity contribution is -0.0332. The summed E-state index contributed by atoms with van der Waals surface area (Å²) in [5.74, 6) is 0.864. The molecule has 1 atom stereocenters. The number of ether oxygens (including phenoxy) is 2. The highest BCUT2D eigenvalue weighted by atomic mass is 16.5. The summed E-state index contributed by atoms with van der Waals surface area (Å²) in [6, 6.07) is 12.6. The van der Waals surface area contributed by atoms with Crippen LogP contribution in [0.25, 0.3) is 10.8 Å². The standard InChI is InChI=1S/C23H26N2O3/c1-15-12-24-21(16(2)23(15)26)13-25-8-9-28-22(14-25)19-5-4-18-11-20(27-3)7-6-17(18)10-19/h4-7,10-12,22H,8-9,13-14H2,1-3H3,(H,24,26)/t22-/m0/s1. The molecule has 1 saturated heterocycles. The molecule has 1 aromatic heterocycles. The molecule has 1 aliphatic heterocycles. The molecule has 4 rings (SSSR count). The van der Waals surface area contributed by atoms with Gasteiger partial charge in [-0.15, -0.1) is 0 Å². The van der Waals surface area contributed by atoms with E-state index in [-0.39, 0.29) is 11.5 Å². The number of morpholine rings is 1. The van der Waals surface area contributed by atoms with Gasteiger partial charge < -0.3 is 14.5 Å². The van der Waals surface area contributed by atoms with Crippen molar-refractivity contribution in [2.45, 2.75) is 26.5 Å². The second-order valence-electron chi connectivity index (χ2n) is 7.47. The zero-order valence-electron chi connectivity index (χ0n) is 16.6. The van der Waals surface area contributed by atoms with Gasteiger partial charge in [-0.3, -0.25) is 9.69 Å². The Bertz CT molecular complexity index is 1060. The highest BCUT2D eigenvalue weighted by Crippen LogP contribution is 2.28. The lowest BCUT2D eigenvalue weighted by Gasteiger charge is -2.33. The molecule has 2 heterocycles. The molecule has 5 nitrogen and oxygen atoms in total. The van der Waals surface area contributed by atoms with Gasteiger partial charge in [0.15, 0.2) is 5.43 Å². The van der Waals surface area contributed by atoms with Crippen molar-refractivity contribution in [3.63, 3.8) is 0 Å². The number of nitrogens with zero attached hydrogens (tertiary/aromatic N) is 1. The Balaban J connectivity index is 1.53. The van der Waals surface area contributed by atoms with Gasteiger partial charge in [-0.1, -0.05) is 18.2 Å². The van der Waals surface area contributed by atoms with Crippen molar-refractivity contribution < 1.29 is 9.47 Å². The van der Waals surface area contributed by atoms with Crippen LogP contribution in [0, 0.1) is 13.8 Å². The summed E-state index contributed by atoms with van der Waals surface area (Å²) in [5.41, 5.74) is 3.86. The molecule has 2 aromatic carbocycles. The molecular formula is C23H26N2O3. The fourth-order valence-corrected chi connectivity index (χ4v) is 3.81. The first kappa shape index (κ1) is 18.7. The van der Waals surface area contributed by atoms with Crippen LogP contribution in [0.15, 0.2) is 47.4 Å². The first-order valence-corrected chi connectivity index (χ1v) is 9.64. The second-order valence-corrected chi connectivity index (χ2v) is 7.47. The lowest BCUT2D eigenvalue weighted by Crippen LogP contribution is -2.38. The van der Waals surface area contributed by atoms with Gasteiger partial charge in [0.05, 0.1) is 19.8 Å². The van der Waals surface area contributed by atoms with E-state index >= 15 is 0 Å². The van der Waals surface area contributed by atoms with E-state index in [1.54, 1.807) is 13.3 Å². The molecule has 0 spiro atoms. The summed E-state index contributed by atoms with van der Waals surface area (Å²) in [7, 11) is 1.68. The number of aromatic amines is 1. The number of methoxy groups -OCH3 is 1. The maximum atomic E-state index is 12.2. The van der Waals surface area contributed by atoms with Gasteiger partial charge in [-0.25, -0.2) is 0 Å². The van der Waals surface area contributed by atoms with E-state index in [4.69, 9.17) is 9.47 Å². The van der Waals surface area contributed by atoms with E-state index in [1.807, 2.05) is 26.0 Å². The first-order chi connectivity index (χ1) is 13.5. The quantitative estimate of drug-likeness (QED) is 0.752. The predicted molar refractivity (Wildman–Crippen MR) is 111 cm³/mol. The van der Waals surface area contributed by atoms with Crippen LogP contribution < -0.4 is 10.2 Å². The zero-order chi connectivity index (χ0) is 19.7. The molecule has 1 fully saturated rings. The number of hydrogen-bond acceptors (Lipinski definition) is 4. The van der Waals surface area contributed by atoms with E-state index in [2.05, 4.69) is 34.1 Å². The van der Waals surface area contributed by atoms with Crippen molar-refractivity contribution in [1.29, 1.82) is 0 Å². The van der Waals surface area contributed by atoms with Gasteiger partial charge in [-0.05, 0) is 48.4 Å². The Labute approximate surface area is 164 Å². The number of hydrogen-bond donors (Lipinski definition) is 1. The van der Waals surface area contributed by atoms with Crippen molar-refractivity contribution in [2.75, 3.05) is 26.8 Å². The Kier molecular flexibility index (Phi) is 5.20. The predicted octanol–water partition coefficient (Wildman–Crippen LogP) is 3.73. The Morgan fingerprint density at radius 2 is 1.96 bits per heavy atom. The summed E-state index contributed by atoms with van der Waals surface area (Å²) in [5, 5.41) is 2.33. The molecule has 0 bridgehead atoms. The van der Waals surface area contributed by atoms with Crippen LogP contribution in [0.4, 0.5) is 0 Å². The molecule has 146 valence electrons. The second kappa shape index (κ2) is 7.78. The molecule has 1 N–H and O–H groups in total. The van der Waals surface area contributed by atoms with Crippen LogP contribution in [-0.2, 0) is 11.3 Å². The van der Waals surface area contributed by atoms with E-state index in [0.29, 0.717) is 6.61 Å². The Morgan fingerprint density at radius 1 is 1.18 bits per heavy atom. The summed E-state index contributed by atoms with van der Waals surface area (Å²) >= 11 is 0. The molecular weight excluding hydrogens is 352 g/mol. The Hall–Kier alpha value is -2.63. The average Bonchev–Trinajstić information content (AvgIpc) is 2.73. The van der Waals surface area contributed by atoms with E-state index in [9.17, 15) is 4.79 Å². The molecule has 0 unspecified atom stereocenters. The SMILES string of the molecule is COc1ccc2cc([C@@H]3CN(Cc4[nH]cc(C)c(=O)c4C)CCO3)ccc2c1. The van der Waals surface area contributed by atoms with Crippen molar-refractivity contribution in [3.05, 3.63) is 75.2 Å². The molecule has 5 heteroatoms. The molecule has 28 heavy (non-hydrogen) atoms. The van der Waals surface area contributed by atoms with Crippen molar-refractivity contribution >= 4 is 10.8 Å². The molecule has 3 aromatic rings.